The highest BCUT2D eigenvalue weighted by Gasteiger charge is 2.56. The number of rotatable bonds is 2. The lowest BCUT2D eigenvalue weighted by Gasteiger charge is -2.51. The van der Waals surface area contributed by atoms with E-state index in [9.17, 15) is 23.2 Å². The highest BCUT2D eigenvalue weighted by Crippen LogP contribution is 2.41. The zero-order chi connectivity index (χ0) is 18.5. The number of benzene rings is 1. The van der Waals surface area contributed by atoms with Gasteiger partial charge in [0, 0.05) is 31.6 Å². The van der Waals surface area contributed by atoms with Crippen molar-refractivity contribution in [3.05, 3.63) is 35.4 Å². The van der Waals surface area contributed by atoms with Crippen molar-refractivity contribution in [2.24, 2.45) is 11.8 Å². The van der Waals surface area contributed by atoms with Crippen LogP contribution in [0.25, 0.3) is 0 Å². The van der Waals surface area contributed by atoms with Crippen molar-refractivity contribution >= 4 is 17.6 Å². The average molecular weight is 350 g/mol. The zero-order valence-corrected chi connectivity index (χ0v) is 14.4. The molecule has 1 aromatic rings. The highest BCUT2D eigenvalue weighted by molar-refractivity contribution is 6.41. The maximum absolute atomic E-state index is 13.4. The van der Waals surface area contributed by atoms with Gasteiger partial charge in [0.1, 0.15) is 5.92 Å². The Balaban J connectivity index is 1.86. The van der Waals surface area contributed by atoms with E-state index in [0.717, 1.165) is 12.1 Å². The SMILES string of the molecule is CN1C(=O)C(=O)C2C(=O)N(Cc3ccc(F)c(F)c3)CCC2C1(C)C. The van der Waals surface area contributed by atoms with E-state index in [1.807, 2.05) is 13.8 Å². The van der Waals surface area contributed by atoms with Crippen molar-refractivity contribution < 1.29 is 23.2 Å². The fourth-order valence-corrected chi connectivity index (χ4v) is 3.82. The zero-order valence-electron chi connectivity index (χ0n) is 14.4. The number of carbonyl (C=O) groups excluding carboxylic acids is 3. The minimum Gasteiger partial charge on any atom is -0.338 e. The molecule has 2 aliphatic rings. The first-order valence-corrected chi connectivity index (χ1v) is 8.19. The number of fused-ring (bicyclic) bond motifs is 1. The number of hydrogen-bond donors (Lipinski definition) is 0. The van der Waals surface area contributed by atoms with Crippen molar-refractivity contribution in [3.8, 4) is 0 Å². The number of halogens is 2. The third-order valence-electron chi connectivity index (χ3n) is 5.62. The van der Waals surface area contributed by atoms with Gasteiger partial charge in [-0.1, -0.05) is 6.07 Å². The molecule has 2 heterocycles. The lowest BCUT2D eigenvalue weighted by atomic mass is 9.67. The highest BCUT2D eigenvalue weighted by atomic mass is 19.2. The molecule has 0 spiro atoms. The van der Waals surface area contributed by atoms with Crippen molar-refractivity contribution in [2.45, 2.75) is 32.4 Å². The number of likely N-dealkylation sites (tertiary alicyclic amines) is 2. The van der Waals surface area contributed by atoms with Crippen LogP contribution in [0.1, 0.15) is 25.8 Å². The predicted molar refractivity (Wildman–Crippen MR) is 85.2 cm³/mol. The number of piperidine rings is 2. The van der Waals surface area contributed by atoms with Crippen LogP contribution in [0.2, 0.25) is 0 Å². The van der Waals surface area contributed by atoms with Crippen LogP contribution in [0, 0.1) is 23.5 Å². The molecule has 2 unspecified atom stereocenters. The Morgan fingerprint density at radius 2 is 1.84 bits per heavy atom. The van der Waals surface area contributed by atoms with Crippen LogP contribution in [-0.2, 0) is 20.9 Å². The standard InChI is InChI=1S/C18H20F2N2O3/c1-18(2)11-6-7-22(9-10-4-5-12(19)13(20)8-10)16(24)14(11)15(23)17(25)21(18)3/h4-5,8,11,14H,6-7,9H2,1-3H3. The first kappa shape index (κ1) is 17.5. The van der Waals surface area contributed by atoms with Gasteiger partial charge in [-0.3, -0.25) is 14.4 Å². The second-order valence-electron chi connectivity index (χ2n) is 7.26. The number of hydrogen-bond acceptors (Lipinski definition) is 3. The van der Waals surface area contributed by atoms with E-state index in [2.05, 4.69) is 0 Å². The summed E-state index contributed by atoms with van der Waals surface area (Å²) in [6.07, 6.45) is 0.566. The van der Waals surface area contributed by atoms with Gasteiger partial charge in [0.05, 0.1) is 0 Å². The first-order chi connectivity index (χ1) is 11.6. The summed E-state index contributed by atoms with van der Waals surface area (Å²) in [5.74, 6) is -4.95. The van der Waals surface area contributed by atoms with Gasteiger partial charge < -0.3 is 9.80 Å². The Morgan fingerprint density at radius 1 is 1.16 bits per heavy atom. The monoisotopic (exact) mass is 350 g/mol. The molecule has 134 valence electrons. The van der Waals surface area contributed by atoms with Gasteiger partial charge in [0.15, 0.2) is 11.6 Å². The van der Waals surface area contributed by atoms with Crippen LogP contribution in [0.5, 0.6) is 0 Å². The van der Waals surface area contributed by atoms with Crippen molar-refractivity contribution in [1.82, 2.24) is 9.80 Å². The lowest BCUT2D eigenvalue weighted by Crippen LogP contribution is -2.66. The molecule has 25 heavy (non-hydrogen) atoms. The number of ketones is 1. The molecule has 0 radical (unpaired) electrons. The summed E-state index contributed by atoms with van der Waals surface area (Å²) >= 11 is 0. The molecule has 0 aromatic heterocycles. The number of likely N-dealkylation sites (N-methyl/N-ethyl adjacent to an activating group) is 1. The van der Waals surface area contributed by atoms with Gasteiger partial charge >= 0.3 is 0 Å². The summed E-state index contributed by atoms with van der Waals surface area (Å²) in [5, 5.41) is 0. The minimum absolute atomic E-state index is 0.0803. The Bertz CT molecular complexity index is 763. The summed E-state index contributed by atoms with van der Waals surface area (Å²) < 4.78 is 26.4. The number of amides is 2. The van der Waals surface area contributed by atoms with E-state index in [-0.39, 0.29) is 12.5 Å². The Labute approximate surface area is 144 Å². The summed E-state index contributed by atoms with van der Waals surface area (Å²) in [7, 11) is 1.58. The van der Waals surface area contributed by atoms with Crippen molar-refractivity contribution in [3.63, 3.8) is 0 Å². The number of Topliss-reactive ketones (excluding diaryl/α,β-unsaturated/α-hetero) is 1. The molecule has 0 saturated carbocycles. The van der Waals surface area contributed by atoms with Gasteiger partial charge in [-0.2, -0.15) is 0 Å². The molecule has 0 aliphatic carbocycles. The fraction of sp³-hybridized carbons (Fsp3) is 0.500. The van der Waals surface area contributed by atoms with E-state index in [1.54, 1.807) is 7.05 Å². The third-order valence-corrected chi connectivity index (χ3v) is 5.62. The molecule has 7 heteroatoms. The molecule has 2 amide bonds. The predicted octanol–water partition coefficient (Wildman–Crippen LogP) is 1.75. The number of nitrogens with zero attached hydrogens (tertiary/aromatic N) is 2. The van der Waals surface area contributed by atoms with Crippen LogP contribution < -0.4 is 0 Å². The maximum atomic E-state index is 13.4. The molecule has 3 rings (SSSR count). The lowest BCUT2D eigenvalue weighted by molar-refractivity contribution is -0.169. The van der Waals surface area contributed by atoms with E-state index in [4.69, 9.17) is 0 Å². The van der Waals surface area contributed by atoms with Gasteiger partial charge in [0.25, 0.3) is 5.91 Å². The molecule has 1 aromatic carbocycles. The Morgan fingerprint density at radius 3 is 2.48 bits per heavy atom. The van der Waals surface area contributed by atoms with Gasteiger partial charge in [-0.15, -0.1) is 0 Å². The average Bonchev–Trinajstić information content (AvgIpc) is 2.56. The van der Waals surface area contributed by atoms with E-state index in [0.29, 0.717) is 18.5 Å². The van der Waals surface area contributed by atoms with E-state index in [1.165, 1.54) is 15.9 Å². The summed E-state index contributed by atoms with van der Waals surface area (Å²) in [6, 6.07) is 3.46. The van der Waals surface area contributed by atoms with Crippen LogP contribution in [0.15, 0.2) is 18.2 Å². The van der Waals surface area contributed by atoms with Crippen LogP contribution in [0.3, 0.4) is 0 Å². The van der Waals surface area contributed by atoms with Gasteiger partial charge in [0.2, 0.25) is 11.7 Å². The van der Waals surface area contributed by atoms with E-state index >= 15 is 0 Å². The molecule has 5 nitrogen and oxygen atoms in total. The molecule has 2 aliphatic heterocycles. The molecule has 2 atom stereocenters. The molecule has 2 fully saturated rings. The molecular weight excluding hydrogens is 330 g/mol. The quantitative estimate of drug-likeness (QED) is 0.603. The Hall–Kier alpha value is -2.31. The fourth-order valence-electron chi connectivity index (χ4n) is 3.82. The maximum Gasteiger partial charge on any atom is 0.291 e. The second kappa shape index (κ2) is 5.89. The van der Waals surface area contributed by atoms with Crippen LogP contribution >= 0.6 is 0 Å². The van der Waals surface area contributed by atoms with Crippen molar-refractivity contribution in [1.29, 1.82) is 0 Å². The Kier molecular flexibility index (Phi) is 4.13. The summed E-state index contributed by atoms with van der Waals surface area (Å²) in [5.41, 5.74) is -0.156. The van der Waals surface area contributed by atoms with Crippen molar-refractivity contribution in [2.75, 3.05) is 13.6 Å². The summed E-state index contributed by atoms with van der Waals surface area (Å²) in [6.45, 7) is 4.19. The smallest absolute Gasteiger partial charge is 0.291 e. The topological polar surface area (TPSA) is 57.7 Å². The number of carbonyl (C=O) groups is 3. The summed E-state index contributed by atoms with van der Waals surface area (Å²) in [4.78, 5) is 40.3. The van der Waals surface area contributed by atoms with Gasteiger partial charge in [-0.25, -0.2) is 8.78 Å². The molecule has 0 bridgehead atoms. The molecule has 2 saturated heterocycles. The van der Waals surface area contributed by atoms with Crippen LogP contribution in [0.4, 0.5) is 8.78 Å². The minimum atomic E-state index is -1.00. The third kappa shape index (κ3) is 2.71. The second-order valence-corrected chi connectivity index (χ2v) is 7.26. The largest absolute Gasteiger partial charge is 0.338 e. The first-order valence-electron chi connectivity index (χ1n) is 8.19. The van der Waals surface area contributed by atoms with E-state index < -0.39 is 40.7 Å². The van der Waals surface area contributed by atoms with Gasteiger partial charge in [-0.05, 0) is 38.0 Å². The molecule has 0 N–H and O–H groups in total. The molecular formula is C18H20F2N2O3. The normalized spacial score (nSPS) is 26.0. The van der Waals surface area contributed by atoms with Crippen LogP contribution in [-0.4, -0.2) is 46.5 Å².